The molecule has 2 heterocycles. The molecule has 3 rings (SSSR count). The van der Waals surface area contributed by atoms with Crippen LogP contribution in [0.1, 0.15) is 39.0 Å². The van der Waals surface area contributed by atoms with Crippen molar-refractivity contribution >= 4 is 11.6 Å². The quantitative estimate of drug-likeness (QED) is 0.571. The molecule has 2 aliphatic heterocycles. The van der Waals surface area contributed by atoms with Gasteiger partial charge in [0.15, 0.2) is 5.96 Å². The van der Waals surface area contributed by atoms with Crippen LogP contribution in [0.5, 0.6) is 0 Å². The average molecular weight is 372 g/mol. The first-order valence-corrected chi connectivity index (χ1v) is 10.8. The van der Waals surface area contributed by atoms with Crippen LogP contribution in [0.25, 0.3) is 0 Å². The maximum Gasteiger partial charge on any atom is 0.191 e. The Kier molecular flexibility index (Phi) is 7.81. The van der Waals surface area contributed by atoms with E-state index in [1.54, 1.807) is 0 Å². The van der Waals surface area contributed by atoms with E-state index in [9.17, 15) is 0 Å². The lowest BCUT2D eigenvalue weighted by molar-refractivity contribution is 0.147. The van der Waals surface area contributed by atoms with E-state index in [1.165, 1.54) is 44.3 Å². The van der Waals surface area contributed by atoms with Crippen molar-refractivity contribution < 1.29 is 0 Å². The number of hydrogen-bond donors (Lipinski definition) is 2. The first-order chi connectivity index (χ1) is 13.3. The molecule has 2 unspecified atom stereocenters. The highest BCUT2D eigenvalue weighted by Crippen LogP contribution is 2.23. The smallest absolute Gasteiger partial charge is 0.191 e. The van der Waals surface area contributed by atoms with Gasteiger partial charge in [-0.15, -0.1) is 0 Å². The van der Waals surface area contributed by atoms with Crippen molar-refractivity contribution in [3.05, 3.63) is 30.3 Å². The highest BCUT2D eigenvalue weighted by molar-refractivity contribution is 5.79. The molecule has 2 saturated heterocycles. The standard InChI is InChI=1S/C22H37N5/c1-3-20-9-7-8-14-26(20)16-13-24-22(23-2)25-17-19-12-15-27(18-19)21-10-5-4-6-11-21/h4-6,10-11,19-20H,3,7-9,12-18H2,1-2H3,(H2,23,24,25). The van der Waals surface area contributed by atoms with Crippen LogP contribution >= 0.6 is 0 Å². The number of benzene rings is 1. The van der Waals surface area contributed by atoms with Gasteiger partial charge in [0.25, 0.3) is 0 Å². The lowest BCUT2D eigenvalue weighted by Gasteiger charge is -2.35. The van der Waals surface area contributed by atoms with Gasteiger partial charge in [0.05, 0.1) is 0 Å². The van der Waals surface area contributed by atoms with Gasteiger partial charge in [0.2, 0.25) is 0 Å². The number of likely N-dealkylation sites (tertiary alicyclic amines) is 1. The summed E-state index contributed by atoms with van der Waals surface area (Å²) in [6.45, 7) is 8.92. The Morgan fingerprint density at radius 3 is 2.74 bits per heavy atom. The summed E-state index contributed by atoms with van der Waals surface area (Å²) in [4.78, 5) is 9.55. The lowest BCUT2D eigenvalue weighted by atomic mass is 10.0. The molecular weight excluding hydrogens is 334 g/mol. The number of piperidine rings is 1. The molecule has 2 fully saturated rings. The fraction of sp³-hybridized carbons (Fsp3) is 0.682. The van der Waals surface area contributed by atoms with E-state index < -0.39 is 0 Å². The van der Waals surface area contributed by atoms with E-state index >= 15 is 0 Å². The van der Waals surface area contributed by atoms with Crippen molar-refractivity contribution in [3.8, 4) is 0 Å². The van der Waals surface area contributed by atoms with E-state index in [1.807, 2.05) is 7.05 Å². The van der Waals surface area contributed by atoms with E-state index in [-0.39, 0.29) is 0 Å². The summed E-state index contributed by atoms with van der Waals surface area (Å²) < 4.78 is 0. The second-order valence-corrected chi connectivity index (χ2v) is 7.91. The molecule has 1 aromatic rings. The third kappa shape index (κ3) is 5.86. The molecule has 0 saturated carbocycles. The van der Waals surface area contributed by atoms with Gasteiger partial charge < -0.3 is 15.5 Å². The summed E-state index contributed by atoms with van der Waals surface area (Å²) in [5, 5.41) is 7.05. The number of nitrogens with one attached hydrogen (secondary N) is 2. The van der Waals surface area contributed by atoms with Crippen molar-refractivity contribution in [3.63, 3.8) is 0 Å². The van der Waals surface area contributed by atoms with Crippen molar-refractivity contribution in [1.29, 1.82) is 0 Å². The fourth-order valence-electron chi connectivity index (χ4n) is 4.47. The molecule has 0 amide bonds. The van der Waals surface area contributed by atoms with Crippen LogP contribution in [0.15, 0.2) is 35.3 Å². The van der Waals surface area contributed by atoms with Gasteiger partial charge in [-0.2, -0.15) is 0 Å². The lowest BCUT2D eigenvalue weighted by Crippen LogP contribution is -2.46. The van der Waals surface area contributed by atoms with E-state index in [0.717, 1.165) is 44.7 Å². The second-order valence-electron chi connectivity index (χ2n) is 7.91. The van der Waals surface area contributed by atoms with E-state index in [2.05, 4.69) is 62.7 Å². The molecule has 27 heavy (non-hydrogen) atoms. The molecule has 2 N–H and O–H groups in total. The number of anilines is 1. The number of hydrogen-bond acceptors (Lipinski definition) is 3. The summed E-state index contributed by atoms with van der Waals surface area (Å²) in [5.41, 5.74) is 1.34. The molecule has 0 spiro atoms. The van der Waals surface area contributed by atoms with Crippen molar-refractivity contribution in [2.75, 3.05) is 51.2 Å². The van der Waals surface area contributed by atoms with Crippen molar-refractivity contribution in [2.45, 2.75) is 45.1 Å². The second kappa shape index (κ2) is 10.5. The number of rotatable bonds is 7. The molecule has 0 radical (unpaired) electrons. The predicted molar refractivity (Wildman–Crippen MR) is 116 cm³/mol. The van der Waals surface area contributed by atoms with Crippen LogP contribution in [0, 0.1) is 5.92 Å². The van der Waals surface area contributed by atoms with E-state index in [0.29, 0.717) is 5.92 Å². The molecular formula is C22H37N5. The molecule has 0 aliphatic carbocycles. The number of guanidine groups is 1. The minimum atomic E-state index is 0.676. The van der Waals surface area contributed by atoms with Crippen LogP contribution in [0.3, 0.4) is 0 Å². The molecule has 5 nitrogen and oxygen atoms in total. The molecule has 1 aromatic carbocycles. The Balaban J connectivity index is 1.36. The number of aliphatic imine (C=N–C) groups is 1. The normalized spacial score (nSPS) is 24.2. The fourth-order valence-corrected chi connectivity index (χ4v) is 4.47. The Morgan fingerprint density at radius 2 is 1.96 bits per heavy atom. The Labute approximate surface area is 165 Å². The van der Waals surface area contributed by atoms with Crippen LogP contribution in [-0.4, -0.2) is 63.2 Å². The van der Waals surface area contributed by atoms with Crippen LogP contribution in [-0.2, 0) is 0 Å². The highest BCUT2D eigenvalue weighted by Gasteiger charge is 2.23. The topological polar surface area (TPSA) is 42.9 Å². The van der Waals surface area contributed by atoms with Crippen LogP contribution in [0.2, 0.25) is 0 Å². The Hall–Kier alpha value is -1.75. The molecule has 2 atom stereocenters. The summed E-state index contributed by atoms with van der Waals surface area (Å²) in [7, 11) is 1.87. The summed E-state index contributed by atoms with van der Waals surface area (Å²) in [5.74, 6) is 1.62. The van der Waals surface area contributed by atoms with Gasteiger partial charge in [0.1, 0.15) is 0 Å². The minimum absolute atomic E-state index is 0.676. The van der Waals surface area contributed by atoms with Gasteiger partial charge in [-0.25, -0.2) is 0 Å². The highest BCUT2D eigenvalue weighted by atomic mass is 15.2. The maximum atomic E-state index is 4.41. The number of nitrogens with zero attached hydrogens (tertiary/aromatic N) is 3. The van der Waals surface area contributed by atoms with Crippen molar-refractivity contribution in [1.82, 2.24) is 15.5 Å². The third-order valence-electron chi connectivity index (χ3n) is 6.10. The van der Waals surface area contributed by atoms with Gasteiger partial charge in [-0.1, -0.05) is 31.5 Å². The Bertz CT molecular complexity index is 573. The average Bonchev–Trinajstić information content (AvgIpc) is 3.20. The zero-order valence-corrected chi connectivity index (χ0v) is 17.2. The largest absolute Gasteiger partial charge is 0.371 e. The SMILES string of the molecule is CCC1CCCCN1CCNC(=NC)NCC1CCN(c2ccccc2)C1. The van der Waals surface area contributed by atoms with Crippen molar-refractivity contribution in [2.24, 2.45) is 10.9 Å². The van der Waals surface area contributed by atoms with Crippen LogP contribution in [0.4, 0.5) is 5.69 Å². The first-order valence-electron chi connectivity index (χ1n) is 10.8. The first kappa shape index (κ1) is 20.0. The minimum Gasteiger partial charge on any atom is -0.371 e. The molecule has 150 valence electrons. The van der Waals surface area contributed by atoms with Gasteiger partial charge in [-0.3, -0.25) is 9.89 Å². The zero-order valence-electron chi connectivity index (χ0n) is 17.2. The maximum absolute atomic E-state index is 4.41. The van der Waals surface area contributed by atoms with Gasteiger partial charge in [0, 0.05) is 51.5 Å². The third-order valence-corrected chi connectivity index (χ3v) is 6.10. The van der Waals surface area contributed by atoms with Gasteiger partial charge >= 0.3 is 0 Å². The summed E-state index contributed by atoms with van der Waals surface area (Å²) in [6.07, 6.45) is 6.62. The Morgan fingerprint density at radius 1 is 1.11 bits per heavy atom. The molecule has 0 bridgehead atoms. The monoisotopic (exact) mass is 371 g/mol. The molecule has 2 aliphatic rings. The number of para-hydroxylation sites is 1. The summed E-state index contributed by atoms with van der Waals surface area (Å²) in [6, 6.07) is 11.5. The molecule has 0 aromatic heterocycles. The molecule has 5 heteroatoms. The zero-order chi connectivity index (χ0) is 18.9. The summed E-state index contributed by atoms with van der Waals surface area (Å²) >= 11 is 0. The van der Waals surface area contributed by atoms with E-state index in [4.69, 9.17) is 0 Å². The van der Waals surface area contributed by atoms with Crippen LogP contribution < -0.4 is 15.5 Å². The predicted octanol–water partition coefficient (Wildman–Crippen LogP) is 2.94. The van der Waals surface area contributed by atoms with Gasteiger partial charge in [-0.05, 0) is 50.3 Å².